The van der Waals surface area contributed by atoms with Gasteiger partial charge in [-0.3, -0.25) is 4.18 Å². The second-order valence-electron chi connectivity index (χ2n) is 4.95. The van der Waals surface area contributed by atoms with Gasteiger partial charge in [-0.2, -0.15) is 8.42 Å². The molecule has 0 heterocycles. The number of hydrogen-bond donors (Lipinski definition) is 0. The van der Waals surface area contributed by atoms with Gasteiger partial charge in [0.15, 0.2) is 17.4 Å². The zero-order chi connectivity index (χ0) is 15.0. The van der Waals surface area contributed by atoms with Crippen LogP contribution in [-0.2, 0) is 14.3 Å². The molecule has 0 atom stereocenters. The van der Waals surface area contributed by atoms with E-state index in [1.165, 1.54) is 0 Å². The molecular formula is C12H13BrF2O4S. The minimum atomic E-state index is -3.53. The van der Waals surface area contributed by atoms with Crippen LogP contribution in [0, 0.1) is 17.0 Å². The van der Waals surface area contributed by atoms with Crippen molar-refractivity contribution in [2.75, 3.05) is 19.5 Å². The molecule has 0 amide bonds. The third-order valence-electron chi connectivity index (χ3n) is 3.02. The fourth-order valence-corrected chi connectivity index (χ4v) is 2.50. The Hall–Kier alpha value is -0.730. The highest BCUT2D eigenvalue weighted by Gasteiger charge is 2.45. The number of hydrogen-bond acceptors (Lipinski definition) is 4. The Kier molecular flexibility index (Phi) is 4.36. The van der Waals surface area contributed by atoms with Gasteiger partial charge in [0.25, 0.3) is 10.1 Å². The first kappa shape index (κ1) is 15.7. The normalized spacial score (nSPS) is 17.0. The van der Waals surface area contributed by atoms with Crippen molar-refractivity contribution in [3.05, 3.63) is 28.2 Å². The van der Waals surface area contributed by atoms with Crippen molar-refractivity contribution in [3.8, 4) is 5.75 Å². The molecule has 0 saturated heterocycles. The molecule has 1 aliphatic rings. The fourth-order valence-electron chi connectivity index (χ4n) is 1.63. The third-order valence-corrected chi connectivity index (χ3v) is 4.03. The van der Waals surface area contributed by atoms with Crippen LogP contribution in [0.4, 0.5) is 8.78 Å². The summed E-state index contributed by atoms with van der Waals surface area (Å²) >= 11 is 2.97. The van der Waals surface area contributed by atoms with E-state index in [-0.39, 0.29) is 17.7 Å². The minimum Gasteiger partial charge on any atom is -0.487 e. The van der Waals surface area contributed by atoms with Gasteiger partial charge in [-0.1, -0.05) is 15.9 Å². The average molecular weight is 371 g/mol. The van der Waals surface area contributed by atoms with Crippen molar-refractivity contribution < 1.29 is 26.1 Å². The first-order valence-corrected chi connectivity index (χ1v) is 8.44. The number of halogens is 3. The summed E-state index contributed by atoms with van der Waals surface area (Å²) in [7, 11) is -3.53. The summed E-state index contributed by atoms with van der Waals surface area (Å²) in [6.07, 6.45) is 2.35. The molecule has 0 unspecified atom stereocenters. The van der Waals surface area contributed by atoms with Crippen LogP contribution in [0.25, 0.3) is 0 Å². The van der Waals surface area contributed by atoms with Crippen molar-refractivity contribution in [1.29, 1.82) is 0 Å². The number of rotatable bonds is 6. The van der Waals surface area contributed by atoms with Crippen molar-refractivity contribution in [3.63, 3.8) is 0 Å². The van der Waals surface area contributed by atoms with Crippen LogP contribution in [0.1, 0.15) is 12.8 Å². The molecule has 8 heteroatoms. The summed E-state index contributed by atoms with van der Waals surface area (Å²) in [6.45, 7) is -0.0242. The van der Waals surface area contributed by atoms with Gasteiger partial charge in [-0.05, 0) is 25.0 Å². The van der Waals surface area contributed by atoms with Gasteiger partial charge in [0, 0.05) is 9.89 Å². The van der Waals surface area contributed by atoms with E-state index in [4.69, 9.17) is 8.92 Å². The standard InChI is InChI=1S/C12H13BrF2O4S/c1-20(16,17)19-7-12(2-3-12)6-18-11-9(14)4-8(13)5-10(11)15/h4-5H,2-3,6-7H2,1H3. The van der Waals surface area contributed by atoms with Crippen molar-refractivity contribution in [1.82, 2.24) is 0 Å². The predicted molar refractivity (Wildman–Crippen MR) is 72.0 cm³/mol. The van der Waals surface area contributed by atoms with Gasteiger partial charge in [0.1, 0.15) is 0 Å². The summed E-state index contributed by atoms with van der Waals surface area (Å²) < 4.78 is 59.2. The SMILES string of the molecule is CS(=O)(=O)OCC1(COc2c(F)cc(Br)cc2F)CC1. The van der Waals surface area contributed by atoms with Gasteiger partial charge in [0.2, 0.25) is 0 Å². The zero-order valence-corrected chi connectivity index (χ0v) is 13.1. The van der Waals surface area contributed by atoms with Crippen LogP contribution in [0.3, 0.4) is 0 Å². The fraction of sp³-hybridized carbons (Fsp3) is 0.500. The molecule has 112 valence electrons. The molecular weight excluding hydrogens is 358 g/mol. The molecule has 1 aromatic rings. The monoisotopic (exact) mass is 370 g/mol. The van der Waals surface area contributed by atoms with Gasteiger partial charge in [0.05, 0.1) is 19.5 Å². The molecule has 1 aliphatic carbocycles. The molecule has 0 aromatic heterocycles. The maximum atomic E-state index is 13.6. The van der Waals surface area contributed by atoms with Crippen LogP contribution in [0.2, 0.25) is 0 Å². The smallest absolute Gasteiger partial charge is 0.264 e. The lowest BCUT2D eigenvalue weighted by Crippen LogP contribution is -2.22. The molecule has 0 spiro atoms. The van der Waals surface area contributed by atoms with Crippen LogP contribution in [-0.4, -0.2) is 27.9 Å². The molecule has 20 heavy (non-hydrogen) atoms. The highest BCUT2D eigenvalue weighted by Crippen LogP contribution is 2.46. The molecule has 1 fully saturated rings. The molecule has 2 rings (SSSR count). The quantitative estimate of drug-likeness (QED) is 0.722. The second kappa shape index (κ2) is 5.57. The predicted octanol–water partition coefficient (Wildman–Crippen LogP) is 2.86. The lowest BCUT2D eigenvalue weighted by Gasteiger charge is -2.16. The van der Waals surface area contributed by atoms with Crippen molar-refractivity contribution in [2.45, 2.75) is 12.8 Å². The van der Waals surface area contributed by atoms with Crippen LogP contribution >= 0.6 is 15.9 Å². The molecule has 0 N–H and O–H groups in total. The van der Waals surface area contributed by atoms with E-state index < -0.39 is 32.9 Å². The van der Waals surface area contributed by atoms with Gasteiger partial charge in [-0.15, -0.1) is 0 Å². The molecule has 0 aliphatic heterocycles. The highest BCUT2D eigenvalue weighted by molar-refractivity contribution is 9.10. The maximum absolute atomic E-state index is 13.6. The Morgan fingerprint density at radius 1 is 1.25 bits per heavy atom. The minimum absolute atomic E-state index is 0.0119. The van der Waals surface area contributed by atoms with E-state index in [1.54, 1.807) is 0 Å². The van der Waals surface area contributed by atoms with E-state index in [9.17, 15) is 17.2 Å². The largest absolute Gasteiger partial charge is 0.487 e. The Labute approximate surface area is 124 Å². The summed E-state index contributed by atoms with van der Waals surface area (Å²) in [5.41, 5.74) is -0.477. The van der Waals surface area contributed by atoms with E-state index in [0.29, 0.717) is 12.8 Å². The number of benzene rings is 1. The first-order chi connectivity index (χ1) is 9.21. The first-order valence-electron chi connectivity index (χ1n) is 5.83. The van der Waals surface area contributed by atoms with Crippen molar-refractivity contribution >= 4 is 26.0 Å². The van der Waals surface area contributed by atoms with E-state index >= 15 is 0 Å². The van der Waals surface area contributed by atoms with Crippen LogP contribution < -0.4 is 4.74 Å². The van der Waals surface area contributed by atoms with E-state index in [2.05, 4.69) is 15.9 Å². The summed E-state index contributed by atoms with van der Waals surface area (Å²) in [6, 6.07) is 2.20. The zero-order valence-electron chi connectivity index (χ0n) is 10.7. The second-order valence-corrected chi connectivity index (χ2v) is 7.51. The van der Waals surface area contributed by atoms with Crippen molar-refractivity contribution in [2.24, 2.45) is 5.41 Å². The molecule has 1 saturated carbocycles. The maximum Gasteiger partial charge on any atom is 0.264 e. The lowest BCUT2D eigenvalue weighted by molar-refractivity contribution is 0.157. The average Bonchev–Trinajstić information content (AvgIpc) is 3.05. The summed E-state index contributed by atoms with van der Waals surface area (Å²) in [5.74, 6) is -2.08. The van der Waals surface area contributed by atoms with Gasteiger partial charge < -0.3 is 4.74 Å². The summed E-state index contributed by atoms with van der Waals surface area (Å²) in [4.78, 5) is 0. The van der Waals surface area contributed by atoms with E-state index in [1.807, 2.05) is 0 Å². The van der Waals surface area contributed by atoms with E-state index in [0.717, 1.165) is 18.4 Å². The highest BCUT2D eigenvalue weighted by atomic mass is 79.9. The Bertz CT molecular complexity index is 591. The Morgan fingerprint density at radius 3 is 2.25 bits per heavy atom. The molecule has 1 aromatic carbocycles. The van der Waals surface area contributed by atoms with Gasteiger partial charge in [-0.25, -0.2) is 8.78 Å². The molecule has 0 radical (unpaired) electrons. The van der Waals surface area contributed by atoms with Crippen LogP contribution in [0.5, 0.6) is 5.75 Å². The molecule has 0 bridgehead atoms. The molecule has 4 nitrogen and oxygen atoms in total. The number of ether oxygens (including phenoxy) is 1. The van der Waals surface area contributed by atoms with Crippen LogP contribution in [0.15, 0.2) is 16.6 Å². The van der Waals surface area contributed by atoms with Gasteiger partial charge >= 0.3 is 0 Å². The lowest BCUT2D eigenvalue weighted by atomic mass is 10.1. The Morgan fingerprint density at radius 2 is 1.80 bits per heavy atom. The third kappa shape index (κ3) is 4.13. The Balaban J connectivity index is 1.99. The topological polar surface area (TPSA) is 52.6 Å². The summed E-state index contributed by atoms with van der Waals surface area (Å²) in [5, 5.41) is 0.